The van der Waals surface area contributed by atoms with Gasteiger partial charge in [0.05, 0.1) is 6.04 Å². The van der Waals surface area contributed by atoms with Gasteiger partial charge in [0.1, 0.15) is 0 Å². The average Bonchev–Trinajstić information content (AvgIpc) is 3.25. The van der Waals surface area contributed by atoms with E-state index in [1.54, 1.807) is 0 Å². The fraction of sp³-hybridized carbons (Fsp3) is 0.250. The van der Waals surface area contributed by atoms with Gasteiger partial charge in [-0.2, -0.15) is 0 Å². The highest BCUT2D eigenvalue weighted by molar-refractivity contribution is 9.10. The number of nitrogens with two attached hydrogens (primary N) is 1. The van der Waals surface area contributed by atoms with Crippen LogP contribution < -0.4 is 11.3 Å². The Morgan fingerprint density at radius 1 is 1.20 bits per heavy atom. The van der Waals surface area contributed by atoms with Crippen LogP contribution in [0.3, 0.4) is 0 Å². The minimum atomic E-state index is 0.119. The summed E-state index contributed by atoms with van der Waals surface area (Å²) < 4.78 is 1.04. The van der Waals surface area contributed by atoms with Crippen molar-refractivity contribution in [2.75, 3.05) is 0 Å². The molecule has 1 aliphatic rings. The monoisotopic (exact) mass is 350 g/mol. The SMILES string of the molecule is NNC(c1cc(Cl)ccc1Br)C1CC1c1ccccc1. The molecule has 0 amide bonds. The van der Waals surface area contributed by atoms with Gasteiger partial charge in [0.15, 0.2) is 0 Å². The Morgan fingerprint density at radius 2 is 1.95 bits per heavy atom. The quantitative estimate of drug-likeness (QED) is 0.632. The van der Waals surface area contributed by atoms with E-state index in [0.717, 1.165) is 21.5 Å². The molecule has 0 radical (unpaired) electrons. The highest BCUT2D eigenvalue weighted by atomic mass is 79.9. The van der Waals surface area contributed by atoms with Crippen molar-refractivity contribution in [3.8, 4) is 0 Å². The first-order valence-electron chi connectivity index (χ1n) is 6.66. The fourth-order valence-corrected chi connectivity index (χ4v) is 3.54. The Hall–Kier alpha value is -0.870. The van der Waals surface area contributed by atoms with E-state index in [9.17, 15) is 0 Å². The maximum absolute atomic E-state index is 6.11. The second-order valence-corrected chi connectivity index (χ2v) is 6.52. The maximum Gasteiger partial charge on any atom is 0.0505 e. The Balaban J connectivity index is 1.84. The van der Waals surface area contributed by atoms with Crippen LogP contribution in [-0.4, -0.2) is 0 Å². The van der Waals surface area contributed by atoms with Crippen LogP contribution in [0.25, 0.3) is 0 Å². The predicted octanol–water partition coefficient (Wildman–Crippen LogP) is 4.41. The summed E-state index contributed by atoms with van der Waals surface area (Å²) in [5.41, 5.74) is 5.47. The molecule has 4 heteroatoms. The second-order valence-electron chi connectivity index (χ2n) is 5.23. The van der Waals surface area contributed by atoms with Crippen LogP contribution >= 0.6 is 27.5 Å². The summed E-state index contributed by atoms with van der Waals surface area (Å²) in [5.74, 6) is 6.87. The molecule has 20 heavy (non-hydrogen) atoms. The third kappa shape index (κ3) is 2.77. The highest BCUT2D eigenvalue weighted by Gasteiger charge is 2.44. The first-order valence-corrected chi connectivity index (χ1v) is 7.84. The molecule has 1 fully saturated rings. The first-order chi connectivity index (χ1) is 9.70. The van der Waals surface area contributed by atoms with Gasteiger partial charge >= 0.3 is 0 Å². The standard InChI is InChI=1S/C16H16BrClN2/c17-15-7-6-11(18)8-14(15)16(20-19)13-9-12(13)10-4-2-1-3-5-10/h1-8,12-13,16,20H,9,19H2. The number of hydrogen-bond donors (Lipinski definition) is 2. The van der Waals surface area contributed by atoms with Crippen LogP contribution in [0.15, 0.2) is 53.0 Å². The van der Waals surface area contributed by atoms with E-state index in [1.807, 2.05) is 24.3 Å². The van der Waals surface area contributed by atoms with E-state index in [0.29, 0.717) is 11.8 Å². The fourth-order valence-electron chi connectivity index (χ4n) is 2.86. The lowest BCUT2D eigenvalue weighted by Crippen LogP contribution is -2.30. The van der Waals surface area contributed by atoms with Crippen LogP contribution in [0.1, 0.15) is 29.5 Å². The molecule has 2 nitrogen and oxygen atoms in total. The lowest BCUT2D eigenvalue weighted by Gasteiger charge is -2.18. The first kappa shape index (κ1) is 14.1. The predicted molar refractivity (Wildman–Crippen MR) is 86.5 cm³/mol. The largest absolute Gasteiger partial charge is 0.271 e. The molecule has 104 valence electrons. The zero-order chi connectivity index (χ0) is 14.1. The summed E-state index contributed by atoms with van der Waals surface area (Å²) in [7, 11) is 0. The number of nitrogens with one attached hydrogen (secondary N) is 1. The molecule has 0 spiro atoms. The van der Waals surface area contributed by atoms with Crippen molar-refractivity contribution in [1.82, 2.24) is 5.43 Å². The molecule has 3 N–H and O–H groups in total. The lowest BCUT2D eigenvalue weighted by molar-refractivity contribution is 0.486. The Labute approximate surface area is 132 Å². The van der Waals surface area contributed by atoms with Gasteiger partial charge in [-0.1, -0.05) is 57.9 Å². The van der Waals surface area contributed by atoms with Crippen LogP contribution in [0, 0.1) is 5.92 Å². The highest BCUT2D eigenvalue weighted by Crippen LogP contribution is 2.54. The molecule has 0 aromatic heterocycles. The zero-order valence-corrected chi connectivity index (χ0v) is 13.2. The van der Waals surface area contributed by atoms with Gasteiger partial charge < -0.3 is 0 Å². The van der Waals surface area contributed by atoms with Gasteiger partial charge in [0.2, 0.25) is 0 Å². The van der Waals surface area contributed by atoms with E-state index in [4.69, 9.17) is 17.4 Å². The van der Waals surface area contributed by atoms with E-state index >= 15 is 0 Å². The minimum Gasteiger partial charge on any atom is -0.271 e. The average molecular weight is 352 g/mol. The van der Waals surface area contributed by atoms with Crippen LogP contribution in [0.5, 0.6) is 0 Å². The van der Waals surface area contributed by atoms with E-state index < -0.39 is 0 Å². The Kier molecular flexibility index (Phi) is 4.13. The maximum atomic E-state index is 6.11. The van der Waals surface area contributed by atoms with Crippen molar-refractivity contribution in [2.24, 2.45) is 11.8 Å². The summed E-state index contributed by atoms with van der Waals surface area (Å²) >= 11 is 9.70. The molecule has 0 aliphatic heterocycles. The number of hydrazine groups is 1. The lowest BCUT2D eigenvalue weighted by atomic mass is 9.99. The van der Waals surface area contributed by atoms with E-state index in [1.165, 1.54) is 5.56 Å². The molecule has 0 heterocycles. The minimum absolute atomic E-state index is 0.119. The third-order valence-corrected chi connectivity index (χ3v) is 4.93. The van der Waals surface area contributed by atoms with E-state index in [2.05, 4.69) is 45.6 Å². The number of rotatable bonds is 4. The third-order valence-electron chi connectivity index (χ3n) is 3.97. The van der Waals surface area contributed by atoms with Crippen LogP contribution in [0.2, 0.25) is 5.02 Å². The molecule has 3 rings (SSSR count). The van der Waals surface area contributed by atoms with Crippen molar-refractivity contribution in [3.05, 3.63) is 69.2 Å². The molecule has 3 atom stereocenters. The van der Waals surface area contributed by atoms with Gasteiger partial charge in [-0.15, -0.1) is 0 Å². The smallest absolute Gasteiger partial charge is 0.0505 e. The molecule has 0 bridgehead atoms. The summed E-state index contributed by atoms with van der Waals surface area (Å²) in [6.07, 6.45) is 1.15. The summed E-state index contributed by atoms with van der Waals surface area (Å²) in [6, 6.07) is 16.6. The van der Waals surface area contributed by atoms with Crippen LogP contribution in [-0.2, 0) is 0 Å². The van der Waals surface area contributed by atoms with E-state index in [-0.39, 0.29) is 6.04 Å². The molecular weight excluding hydrogens is 336 g/mol. The van der Waals surface area contributed by atoms with Gasteiger partial charge in [-0.05, 0) is 47.6 Å². The zero-order valence-electron chi connectivity index (χ0n) is 10.9. The van der Waals surface area contributed by atoms with Gasteiger partial charge in [-0.3, -0.25) is 11.3 Å². The molecule has 1 saturated carbocycles. The van der Waals surface area contributed by atoms with Crippen molar-refractivity contribution in [3.63, 3.8) is 0 Å². The van der Waals surface area contributed by atoms with Gasteiger partial charge in [0.25, 0.3) is 0 Å². The molecule has 3 unspecified atom stereocenters. The molecule has 0 saturated heterocycles. The summed E-state index contributed by atoms with van der Waals surface area (Å²) in [6.45, 7) is 0. The molecular formula is C16H16BrClN2. The van der Waals surface area contributed by atoms with Gasteiger partial charge in [0, 0.05) is 9.50 Å². The van der Waals surface area contributed by atoms with Crippen molar-refractivity contribution in [1.29, 1.82) is 0 Å². The van der Waals surface area contributed by atoms with Crippen molar-refractivity contribution >= 4 is 27.5 Å². The van der Waals surface area contributed by atoms with Crippen LogP contribution in [0.4, 0.5) is 0 Å². The number of hydrogen-bond acceptors (Lipinski definition) is 2. The summed E-state index contributed by atoms with van der Waals surface area (Å²) in [5, 5.41) is 0.736. The molecule has 1 aliphatic carbocycles. The Bertz CT molecular complexity index is 603. The second kappa shape index (κ2) is 5.86. The number of benzene rings is 2. The van der Waals surface area contributed by atoms with Crippen molar-refractivity contribution in [2.45, 2.75) is 18.4 Å². The van der Waals surface area contributed by atoms with Crippen molar-refractivity contribution < 1.29 is 0 Å². The topological polar surface area (TPSA) is 38.0 Å². The normalized spacial score (nSPS) is 22.6. The van der Waals surface area contributed by atoms with Gasteiger partial charge in [-0.25, -0.2) is 0 Å². The number of halogens is 2. The summed E-state index contributed by atoms with van der Waals surface area (Å²) in [4.78, 5) is 0. The molecule has 2 aromatic carbocycles. The molecule has 2 aromatic rings. The Morgan fingerprint density at radius 3 is 2.65 bits per heavy atom.